The largest absolute Gasteiger partial charge is 0.389 e. The lowest BCUT2D eigenvalue weighted by Gasteiger charge is -2.29. The zero-order chi connectivity index (χ0) is 12.1. The van der Waals surface area contributed by atoms with Crippen LogP contribution < -0.4 is 0 Å². The maximum absolute atomic E-state index is 10.3. The summed E-state index contributed by atoms with van der Waals surface area (Å²) >= 11 is 0. The molecule has 0 aliphatic heterocycles. The average Bonchev–Trinajstić information content (AvgIpc) is 2.33. The molecule has 0 bridgehead atoms. The molecule has 2 aliphatic rings. The standard InChI is InChI=1S/C16H28O/c1-13-11-14-9-7-5-3-2-4-6-8-10-15(14)16(17)12-13/h13,16-17H,2-12H2,1H3/t13-,16-/m1/s1. The lowest BCUT2D eigenvalue weighted by Crippen LogP contribution is -2.22. The van der Waals surface area contributed by atoms with E-state index in [1.807, 2.05) is 0 Å². The van der Waals surface area contributed by atoms with Crippen LogP contribution in [0.1, 0.15) is 77.6 Å². The molecular weight excluding hydrogens is 208 g/mol. The van der Waals surface area contributed by atoms with Crippen LogP contribution in [0.5, 0.6) is 0 Å². The summed E-state index contributed by atoms with van der Waals surface area (Å²) in [7, 11) is 0. The minimum Gasteiger partial charge on any atom is -0.389 e. The van der Waals surface area contributed by atoms with Gasteiger partial charge in [-0.3, -0.25) is 0 Å². The van der Waals surface area contributed by atoms with Gasteiger partial charge in [-0.15, -0.1) is 0 Å². The van der Waals surface area contributed by atoms with Crippen LogP contribution in [-0.2, 0) is 0 Å². The lowest BCUT2D eigenvalue weighted by molar-refractivity contribution is 0.161. The van der Waals surface area contributed by atoms with Crippen LogP contribution in [0, 0.1) is 5.92 Å². The minimum atomic E-state index is -0.116. The van der Waals surface area contributed by atoms with Crippen LogP contribution in [0.2, 0.25) is 0 Å². The van der Waals surface area contributed by atoms with Crippen molar-refractivity contribution < 1.29 is 5.11 Å². The Morgan fingerprint density at radius 1 is 0.882 bits per heavy atom. The number of hydrogen-bond donors (Lipinski definition) is 1. The average molecular weight is 236 g/mol. The number of aliphatic hydroxyl groups is 1. The molecule has 2 aliphatic carbocycles. The molecule has 0 amide bonds. The molecule has 1 nitrogen and oxygen atoms in total. The Hall–Kier alpha value is -0.300. The van der Waals surface area contributed by atoms with Crippen molar-refractivity contribution in [3.8, 4) is 0 Å². The highest BCUT2D eigenvalue weighted by molar-refractivity contribution is 5.22. The van der Waals surface area contributed by atoms with E-state index < -0.39 is 0 Å². The Balaban J connectivity index is 2.06. The van der Waals surface area contributed by atoms with E-state index in [0.29, 0.717) is 5.92 Å². The maximum atomic E-state index is 10.3. The van der Waals surface area contributed by atoms with Gasteiger partial charge in [0.15, 0.2) is 0 Å². The number of hydrogen-bond acceptors (Lipinski definition) is 1. The first kappa shape index (κ1) is 13.1. The number of aliphatic hydroxyl groups excluding tert-OH is 1. The van der Waals surface area contributed by atoms with Crippen molar-refractivity contribution in [2.75, 3.05) is 0 Å². The highest BCUT2D eigenvalue weighted by atomic mass is 16.3. The molecule has 17 heavy (non-hydrogen) atoms. The highest BCUT2D eigenvalue weighted by Crippen LogP contribution is 2.35. The first-order valence-corrected chi connectivity index (χ1v) is 7.66. The Morgan fingerprint density at radius 3 is 2.18 bits per heavy atom. The van der Waals surface area contributed by atoms with Crippen molar-refractivity contribution in [1.29, 1.82) is 0 Å². The molecule has 98 valence electrons. The summed E-state index contributed by atoms with van der Waals surface area (Å²) in [5, 5.41) is 10.3. The summed E-state index contributed by atoms with van der Waals surface area (Å²) in [4.78, 5) is 0. The van der Waals surface area contributed by atoms with E-state index in [0.717, 1.165) is 6.42 Å². The van der Waals surface area contributed by atoms with Crippen molar-refractivity contribution >= 4 is 0 Å². The van der Waals surface area contributed by atoms with Crippen LogP contribution in [0.3, 0.4) is 0 Å². The normalized spacial score (nSPS) is 32.8. The van der Waals surface area contributed by atoms with Gasteiger partial charge in [-0.1, -0.05) is 44.6 Å². The Kier molecular flexibility index (Phi) is 5.09. The van der Waals surface area contributed by atoms with Gasteiger partial charge in [0.2, 0.25) is 0 Å². The third-order valence-electron chi connectivity index (χ3n) is 4.50. The van der Waals surface area contributed by atoms with Gasteiger partial charge in [0.05, 0.1) is 6.10 Å². The molecule has 0 aromatic rings. The van der Waals surface area contributed by atoms with Crippen LogP contribution in [0.25, 0.3) is 0 Å². The van der Waals surface area contributed by atoms with E-state index in [1.165, 1.54) is 69.8 Å². The SMILES string of the molecule is C[C@@H]1CC2=C(CCCCCCCCC2)[C@H](O)C1. The fraction of sp³-hybridized carbons (Fsp3) is 0.875. The number of allylic oxidation sites excluding steroid dienone is 1. The van der Waals surface area contributed by atoms with Crippen molar-refractivity contribution in [2.45, 2.75) is 83.7 Å². The molecule has 0 fully saturated rings. The van der Waals surface area contributed by atoms with Crippen LogP contribution >= 0.6 is 0 Å². The molecule has 0 saturated carbocycles. The predicted octanol–water partition coefficient (Wildman–Crippen LogP) is 4.60. The fourth-order valence-corrected chi connectivity index (χ4v) is 3.54. The first-order valence-electron chi connectivity index (χ1n) is 7.66. The molecule has 0 unspecified atom stereocenters. The second kappa shape index (κ2) is 6.58. The van der Waals surface area contributed by atoms with Crippen molar-refractivity contribution in [3.63, 3.8) is 0 Å². The van der Waals surface area contributed by atoms with Gasteiger partial charge in [-0.25, -0.2) is 0 Å². The Morgan fingerprint density at radius 2 is 1.47 bits per heavy atom. The topological polar surface area (TPSA) is 20.2 Å². The van der Waals surface area contributed by atoms with Crippen molar-refractivity contribution in [1.82, 2.24) is 0 Å². The Labute approximate surface area is 106 Å². The number of rotatable bonds is 0. The van der Waals surface area contributed by atoms with E-state index >= 15 is 0 Å². The van der Waals surface area contributed by atoms with Crippen molar-refractivity contribution in [3.05, 3.63) is 11.1 Å². The molecule has 0 aromatic carbocycles. The second-order valence-corrected chi connectivity index (χ2v) is 6.16. The van der Waals surface area contributed by atoms with Gasteiger partial charge < -0.3 is 5.11 Å². The zero-order valence-corrected chi connectivity index (χ0v) is 11.4. The Bertz CT molecular complexity index is 267. The van der Waals surface area contributed by atoms with Gasteiger partial charge >= 0.3 is 0 Å². The molecular formula is C16H28O. The summed E-state index contributed by atoms with van der Waals surface area (Å²) in [6, 6.07) is 0. The van der Waals surface area contributed by atoms with E-state index in [-0.39, 0.29) is 6.10 Å². The zero-order valence-electron chi connectivity index (χ0n) is 11.4. The highest BCUT2D eigenvalue weighted by Gasteiger charge is 2.24. The van der Waals surface area contributed by atoms with Gasteiger partial charge in [0.25, 0.3) is 0 Å². The lowest BCUT2D eigenvalue weighted by atomic mass is 9.79. The molecule has 0 aromatic heterocycles. The molecule has 0 heterocycles. The van der Waals surface area contributed by atoms with Crippen molar-refractivity contribution in [2.24, 2.45) is 5.92 Å². The molecule has 0 spiro atoms. The summed E-state index contributed by atoms with van der Waals surface area (Å²) in [6.45, 7) is 2.29. The second-order valence-electron chi connectivity index (χ2n) is 6.16. The quantitative estimate of drug-likeness (QED) is 0.609. The summed E-state index contributed by atoms with van der Waals surface area (Å²) in [5.41, 5.74) is 3.06. The third-order valence-corrected chi connectivity index (χ3v) is 4.50. The summed E-state index contributed by atoms with van der Waals surface area (Å²) < 4.78 is 0. The third kappa shape index (κ3) is 3.84. The van der Waals surface area contributed by atoms with E-state index in [4.69, 9.17) is 0 Å². The van der Waals surface area contributed by atoms with E-state index in [2.05, 4.69) is 6.92 Å². The smallest absolute Gasteiger partial charge is 0.0755 e. The van der Waals surface area contributed by atoms with Gasteiger partial charge in [-0.05, 0) is 50.0 Å². The maximum Gasteiger partial charge on any atom is 0.0755 e. The molecule has 2 rings (SSSR count). The van der Waals surface area contributed by atoms with E-state index in [1.54, 1.807) is 5.57 Å². The van der Waals surface area contributed by atoms with Gasteiger partial charge in [0, 0.05) is 0 Å². The fourth-order valence-electron chi connectivity index (χ4n) is 3.54. The minimum absolute atomic E-state index is 0.116. The summed E-state index contributed by atoms with van der Waals surface area (Å²) in [6.07, 6.45) is 14.2. The van der Waals surface area contributed by atoms with Crippen LogP contribution in [-0.4, -0.2) is 11.2 Å². The molecule has 2 atom stereocenters. The molecule has 1 heteroatoms. The van der Waals surface area contributed by atoms with Crippen LogP contribution in [0.4, 0.5) is 0 Å². The van der Waals surface area contributed by atoms with Gasteiger partial charge in [-0.2, -0.15) is 0 Å². The summed E-state index contributed by atoms with van der Waals surface area (Å²) in [5.74, 6) is 0.689. The molecule has 1 N–H and O–H groups in total. The first-order chi connectivity index (χ1) is 8.27. The van der Waals surface area contributed by atoms with Gasteiger partial charge in [0.1, 0.15) is 0 Å². The monoisotopic (exact) mass is 236 g/mol. The molecule has 0 saturated heterocycles. The predicted molar refractivity (Wildman–Crippen MR) is 73.0 cm³/mol. The van der Waals surface area contributed by atoms with E-state index in [9.17, 15) is 5.11 Å². The van der Waals surface area contributed by atoms with Crippen LogP contribution in [0.15, 0.2) is 11.1 Å². The molecule has 0 radical (unpaired) electrons.